The molecule has 0 saturated heterocycles. The zero-order chi connectivity index (χ0) is 19.5. The summed E-state index contributed by atoms with van der Waals surface area (Å²) in [7, 11) is 0. The average molecular weight is 370 g/mol. The highest BCUT2D eigenvalue weighted by molar-refractivity contribution is 5.82. The summed E-state index contributed by atoms with van der Waals surface area (Å²) >= 11 is 0. The van der Waals surface area contributed by atoms with E-state index in [1.165, 1.54) is 5.56 Å². The first kappa shape index (κ1) is 18.1. The highest BCUT2D eigenvalue weighted by Crippen LogP contribution is 2.31. The summed E-state index contributed by atoms with van der Waals surface area (Å²) in [5.41, 5.74) is 4.54. The summed E-state index contributed by atoms with van der Waals surface area (Å²) in [5, 5.41) is 0.554. The minimum atomic E-state index is -0.137. The van der Waals surface area contributed by atoms with Gasteiger partial charge < -0.3 is 9.15 Å². The number of rotatable bonds is 5. The van der Waals surface area contributed by atoms with E-state index in [1.54, 1.807) is 0 Å². The summed E-state index contributed by atoms with van der Waals surface area (Å²) < 4.78 is 12.2. The molecule has 0 bridgehead atoms. The van der Waals surface area contributed by atoms with E-state index < -0.39 is 0 Å². The van der Waals surface area contributed by atoms with Crippen LogP contribution < -0.4 is 10.2 Å². The number of ether oxygens (including phenoxy) is 1. The fourth-order valence-corrected chi connectivity index (χ4v) is 3.20. The van der Waals surface area contributed by atoms with E-state index in [1.807, 2.05) is 79.7 Å². The molecule has 3 nitrogen and oxygen atoms in total. The van der Waals surface area contributed by atoms with Gasteiger partial charge in [0.2, 0.25) is 11.2 Å². The summed E-state index contributed by atoms with van der Waals surface area (Å²) in [5.74, 6) is 0.724. The predicted molar refractivity (Wildman–Crippen MR) is 113 cm³/mol. The SMILES string of the molecule is CCc1ccc2oc(-c3ccccc3)c(OCc3ccc(C)cc3)c(=O)c2c1. The second-order valence-corrected chi connectivity index (χ2v) is 6.91. The number of benzene rings is 3. The molecule has 3 heteroatoms. The van der Waals surface area contributed by atoms with Gasteiger partial charge in [0.1, 0.15) is 12.2 Å². The quantitative estimate of drug-likeness (QED) is 0.438. The normalized spacial score (nSPS) is 10.9. The maximum atomic E-state index is 13.3. The van der Waals surface area contributed by atoms with Crippen molar-refractivity contribution in [2.24, 2.45) is 0 Å². The molecule has 0 aliphatic carbocycles. The molecule has 0 spiro atoms. The first-order valence-electron chi connectivity index (χ1n) is 9.49. The van der Waals surface area contributed by atoms with Gasteiger partial charge in [0.25, 0.3) is 0 Å². The zero-order valence-electron chi connectivity index (χ0n) is 16.1. The van der Waals surface area contributed by atoms with Crippen LogP contribution in [0.1, 0.15) is 23.6 Å². The van der Waals surface area contributed by atoms with Gasteiger partial charge in [-0.25, -0.2) is 0 Å². The van der Waals surface area contributed by atoms with Crippen LogP contribution in [0.3, 0.4) is 0 Å². The molecule has 1 aromatic heterocycles. The number of aryl methyl sites for hydroxylation is 2. The van der Waals surface area contributed by atoms with Gasteiger partial charge in [-0.15, -0.1) is 0 Å². The van der Waals surface area contributed by atoms with Crippen LogP contribution in [-0.2, 0) is 13.0 Å². The van der Waals surface area contributed by atoms with Gasteiger partial charge in [-0.1, -0.05) is 73.2 Å². The fourth-order valence-electron chi connectivity index (χ4n) is 3.20. The molecule has 0 aliphatic heterocycles. The Hall–Kier alpha value is -3.33. The number of fused-ring (bicyclic) bond motifs is 1. The summed E-state index contributed by atoms with van der Waals surface area (Å²) in [6.45, 7) is 4.42. The van der Waals surface area contributed by atoms with Gasteiger partial charge in [-0.3, -0.25) is 4.79 Å². The van der Waals surface area contributed by atoms with Gasteiger partial charge in [0.15, 0.2) is 5.76 Å². The van der Waals surface area contributed by atoms with E-state index in [4.69, 9.17) is 9.15 Å². The van der Waals surface area contributed by atoms with E-state index in [9.17, 15) is 4.79 Å². The van der Waals surface area contributed by atoms with Crippen molar-refractivity contribution >= 4 is 11.0 Å². The van der Waals surface area contributed by atoms with Crippen molar-refractivity contribution in [3.8, 4) is 17.1 Å². The Balaban J connectivity index is 1.84. The summed E-state index contributed by atoms with van der Waals surface area (Å²) in [6, 6.07) is 23.5. The molecule has 0 saturated carbocycles. The maximum absolute atomic E-state index is 13.3. The van der Waals surface area contributed by atoms with Gasteiger partial charge in [-0.05, 0) is 36.6 Å². The standard InChI is InChI=1S/C25H22O3/c1-3-18-13-14-22-21(15-18)23(26)25(24(28-22)20-7-5-4-6-8-20)27-16-19-11-9-17(2)10-12-19/h4-15H,3,16H2,1-2H3. The van der Waals surface area contributed by atoms with Gasteiger partial charge in [0.05, 0.1) is 5.39 Å². The predicted octanol–water partition coefficient (Wildman–Crippen LogP) is 5.91. The lowest BCUT2D eigenvalue weighted by Crippen LogP contribution is -2.10. The lowest BCUT2D eigenvalue weighted by molar-refractivity contribution is 0.298. The molecule has 0 fully saturated rings. The number of hydrogen-bond acceptors (Lipinski definition) is 3. The second kappa shape index (κ2) is 7.73. The highest BCUT2D eigenvalue weighted by Gasteiger charge is 2.18. The molecule has 0 radical (unpaired) electrons. The molecule has 4 aromatic rings. The Bertz CT molecular complexity index is 1160. The molecule has 0 unspecified atom stereocenters. The smallest absolute Gasteiger partial charge is 0.235 e. The largest absolute Gasteiger partial charge is 0.481 e. The number of hydrogen-bond donors (Lipinski definition) is 0. The first-order valence-corrected chi connectivity index (χ1v) is 9.49. The van der Waals surface area contributed by atoms with Crippen LogP contribution in [0, 0.1) is 6.92 Å². The lowest BCUT2D eigenvalue weighted by Gasteiger charge is -2.12. The molecule has 4 rings (SSSR count). The van der Waals surface area contributed by atoms with Crippen LogP contribution in [0.2, 0.25) is 0 Å². The average Bonchev–Trinajstić information content (AvgIpc) is 2.74. The van der Waals surface area contributed by atoms with Crippen LogP contribution >= 0.6 is 0 Å². The highest BCUT2D eigenvalue weighted by atomic mass is 16.5. The van der Waals surface area contributed by atoms with E-state index in [-0.39, 0.29) is 11.2 Å². The zero-order valence-corrected chi connectivity index (χ0v) is 16.1. The molecule has 140 valence electrons. The molecule has 1 heterocycles. The van der Waals surface area contributed by atoms with Crippen LogP contribution in [0.4, 0.5) is 0 Å². The van der Waals surface area contributed by atoms with Crippen LogP contribution in [0.25, 0.3) is 22.3 Å². The summed E-state index contributed by atoms with van der Waals surface area (Å²) in [6.07, 6.45) is 0.857. The molecule has 3 aromatic carbocycles. The molecular formula is C25H22O3. The van der Waals surface area contributed by atoms with Crippen LogP contribution in [0.5, 0.6) is 5.75 Å². The minimum Gasteiger partial charge on any atom is -0.481 e. The third-order valence-electron chi connectivity index (χ3n) is 4.86. The maximum Gasteiger partial charge on any atom is 0.235 e. The van der Waals surface area contributed by atoms with E-state index >= 15 is 0 Å². The molecule has 0 N–H and O–H groups in total. The molecule has 28 heavy (non-hydrogen) atoms. The Labute approximate surface area is 164 Å². The van der Waals surface area contributed by atoms with E-state index in [0.29, 0.717) is 23.3 Å². The minimum absolute atomic E-state index is 0.137. The van der Waals surface area contributed by atoms with Crippen molar-refractivity contribution < 1.29 is 9.15 Å². The Morgan fingerprint density at radius 1 is 0.893 bits per heavy atom. The van der Waals surface area contributed by atoms with Crippen molar-refractivity contribution in [2.75, 3.05) is 0 Å². The molecule has 0 amide bonds. The van der Waals surface area contributed by atoms with E-state index in [2.05, 4.69) is 6.92 Å². The van der Waals surface area contributed by atoms with Crippen molar-refractivity contribution in [3.63, 3.8) is 0 Å². The van der Waals surface area contributed by atoms with Gasteiger partial charge >= 0.3 is 0 Å². The monoisotopic (exact) mass is 370 g/mol. The third-order valence-corrected chi connectivity index (χ3v) is 4.86. The fraction of sp³-hybridized carbons (Fsp3) is 0.160. The van der Waals surface area contributed by atoms with Crippen molar-refractivity contribution in [1.82, 2.24) is 0 Å². The lowest BCUT2D eigenvalue weighted by atomic mass is 10.1. The Morgan fingerprint density at radius 2 is 1.61 bits per heavy atom. The second-order valence-electron chi connectivity index (χ2n) is 6.91. The Morgan fingerprint density at radius 3 is 2.32 bits per heavy atom. The molecule has 0 aliphatic rings. The van der Waals surface area contributed by atoms with E-state index in [0.717, 1.165) is 23.1 Å². The molecular weight excluding hydrogens is 348 g/mol. The third kappa shape index (κ3) is 3.56. The first-order chi connectivity index (χ1) is 13.7. The van der Waals surface area contributed by atoms with Crippen molar-refractivity contribution in [3.05, 3.63) is 99.7 Å². The van der Waals surface area contributed by atoms with Gasteiger partial charge in [0, 0.05) is 5.56 Å². The van der Waals surface area contributed by atoms with Crippen molar-refractivity contribution in [2.45, 2.75) is 26.9 Å². The van der Waals surface area contributed by atoms with Crippen molar-refractivity contribution in [1.29, 1.82) is 0 Å². The topological polar surface area (TPSA) is 39.4 Å². The van der Waals surface area contributed by atoms with Gasteiger partial charge in [-0.2, -0.15) is 0 Å². The van der Waals surface area contributed by atoms with Crippen LogP contribution in [-0.4, -0.2) is 0 Å². The Kier molecular flexibility index (Phi) is 4.98. The summed E-state index contributed by atoms with van der Waals surface area (Å²) in [4.78, 5) is 13.3. The molecule has 0 atom stereocenters. The van der Waals surface area contributed by atoms with Crippen LogP contribution in [0.15, 0.2) is 82.0 Å².